The first-order chi connectivity index (χ1) is 13.7. The lowest BCUT2D eigenvalue weighted by Crippen LogP contribution is -2.30. The van der Waals surface area contributed by atoms with E-state index in [4.69, 9.17) is 16.3 Å². The van der Waals surface area contributed by atoms with Crippen LogP contribution in [0, 0.1) is 6.92 Å². The maximum atomic E-state index is 12.6. The van der Waals surface area contributed by atoms with Gasteiger partial charge in [0.05, 0.1) is 10.5 Å². The maximum Gasteiger partial charge on any atom is 0.338 e. The summed E-state index contributed by atoms with van der Waals surface area (Å²) in [4.78, 5) is 24.3. The zero-order chi connectivity index (χ0) is 21.6. The number of benzene rings is 2. The SMILES string of the molecule is CCN(CC)S(=O)(=O)c1cccc(C(=O)OCC(=O)Nc2cc(Cl)ccc2C)c1. The van der Waals surface area contributed by atoms with Crippen LogP contribution < -0.4 is 5.32 Å². The average molecular weight is 439 g/mol. The van der Waals surface area contributed by atoms with Gasteiger partial charge in [-0.05, 0) is 42.8 Å². The molecule has 0 aliphatic heterocycles. The molecule has 0 unspecified atom stereocenters. The van der Waals surface area contributed by atoms with Gasteiger partial charge in [-0.3, -0.25) is 4.79 Å². The van der Waals surface area contributed by atoms with Crippen molar-refractivity contribution < 1.29 is 22.7 Å². The van der Waals surface area contributed by atoms with Crippen molar-refractivity contribution >= 4 is 39.2 Å². The summed E-state index contributed by atoms with van der Waals surface area (Å²) in [5.41, 5.74) is 1.37. The summed E-state index contributed by atoms with van der Waals surface area (Å²) < 4.78 is 31.5. The molecule has 1 amide bonds. The van der Waals surface area contributed by atoms with Gasteiger partial charge in [0.1, 0.15) is 0 Å². The molecule has 0 saturated heterocycles. The highest BCUT2D eigenvalue weighted by Gasteiger charge is 2.23. The molecule has 0 heterocycles. The quantitative estimate of drug-likeness (QED) is 0.637. The second kappa shape index (κ2) is 9.87. The summed E-state index contributed by atoms with van der Waals surface area (Å²) in [6.45, 7) is 5.39. The normalized spacial score (nSPS) is 11.3. The number of hydrogen-bond acceptors (Lipinski definition) is 5. The van der Waals surface area contributed by atoms with E-state index in [2.05, 4.69) is 5.32 Å². The molecule has 9 heteroatoms. The summed E-state index contributed by atoms with van der Waals surface area (Å²) in [5.74, 6) is -1.32. The fourth-order valence-corrected chi connectivity index (χ4v) is 4.30. The van der Waals surface area contributed by atoms with Gasteiger partial charge >= 0.3 is 5.97 Å². The van der Waals surface area contributed by atoms with Crippen molar-refractivity contribution in [3.8, 4) is 0 Å². The Bertz CT molecular complexity index is 1000. The molecule has 0 saturated carbocycles. The molecule has 0 aliphatic carbocycles. The van der Waals surface area contributed by atoms with E-state index < -0.39 is 28.5 Å². The minimum absolute atomic E-state index is 0.00495. The molecule has 29 heavy (non-hydrogen) atoms. The van der Waals surface area contributed by atoms with E-state index in [-0.39, 0.29) is 10.5 Å². The lowest BCUT2D eigenvalue weighted by molar-refractivity contribution is -0.119. The lowest BCUT2D eigenvalue weighted by Gasteiger charge is -2.18. The Hall–Kier alpha value is -2.42. The van der Waals surface area contributed by atoms with Crippen LogP contribution in [0.3, 0.4) is 0 Å². The summed E-state index contributed by atoms with van der Waals surface area (Å²) in [6.07, 6.45) is 0. The Balaban J connectivity index is 2.06. The van der Waals surface area contributed by atoms with E-state index in [0.717, 1.165) is 5.56 Å². The zero-order valence-electron chi connectivity index (χ0n) is 16.4. The standard InChI is InChI=1S/C20H23ClN2O5S/c1-4-23(5-2)29(26,27)17-8-6-7-15(11-17)20(25)28-13-19(24)22-18-12-16(21)10-9-14(18)3/h6-12H,4-5,13H2,1-3H3,(H,22,24). The summed E-state index contributed by atoms with van der Waals surface area (Å²) in [6, 6.07) is 10.6. The van der Waals surface area contributed by atoms with Crippen molar-refractivity contribution in [3.63, 3.8) is 0 Å². The number of esters is 1. The van der Waals surface area contributed by atoms with Gasteiger partial charge in [0.2, 0.25) is 10.0 Å². The molecular weight excluding hydrogens is 416 g/mol. The minimum Gasteiger partial charge on any atom is -0.452 e. The van der Waals surface area contributed by atoms with E-state index in [9.17, 15) is 18.0 Å². The van der Waals surface area contributed by atoms with E-state index in [1.54, 1.807) is 39.0 Å². The van der Waals surface area contributed by atoms with E-state index in [1.807, 2.05) is 0 Å². The predicted molar refractivity (Wildman–Crippen MR) is 112 cm³/mol. The molecule has 2 aromatic carbocycles. The molecule has 0 atom stereocenters. The average Bonchev–Trinajstić information content (AvgIpc) is 2.69. The van der Waals surface area contributed by atoms with Crippen molar-refractivity contribution in [1.29, 1.82) is 0 Å². The van der Waals surface area contributed by atoms with Crippen LogP contribution in [0.1, 0.15) is 29.8 Å². The van der Waals surface area contributed by atoms with Crippen LogP contribution in [0.5, 0.6) is 0 Å². The topological polar surface area (TPSA) is 92.8 Å². The van der Waals surface area contributed by atoms with Gasteiger partial charge in [0.25, 0.3) is 5.91 Å². The molecule has 0 aliphatic rings. The van der Waals surface area contributed by atoms with Gasteiger partial charge in [-0.25, -0.2) is 13.2 Å². The molecular formula is C20H23ClN2O5S. The Morgan fingerprint density at radius 2 is 1.79 bits per heavy atom. The smallest absolute Gasteiger partial charge is 0.338 e. The molecule has 7 nitrogen and oxygen atoms in total. The fourth-order valence-electron chi connectivity index (χ4n) is 2.63. The number of rotatable bonds is 8. The third-order valence-corrected chi connectivity index (χ3v) is 6.50. The highest BCUT2D eigenvalue weighted by atomic mass is 35.5. The number of ether oxygens (including phenoxy) is 1. The summed E-state index contributed by atoms with van der Waals surface area (Å²) in [5, 5.41) is 3.09. The van der Waals surface area contributed by atoms with Crippen LogP contribution in [0.4, 0.5) is 5.69 Å². The molecule has 0 bridgehead atoms. The number of amides is 1. The predicted octanol–water partition coefficient (Wildman–Crippen LogP) is 3.47. The maximum absolute atomic E-state index is 12.6. The highest BCUT2D eigenvalue weighted by Crippen LogP contribution is 2.20. The van der Waals surface area contributed by atoms with Gasteiger partial charge in [0, 0.05) is 23.8 Å². The first-order valence-corrected chi connectivity index (χ1v) is 10.8. The van der Waals surface area contributed by atoms with E-state index in [0.29, 0.717) is 23.8 Å². The largest absolute Gasteiger partial charge is 0.452 e. The van der Waals surface area contributed by atoms with Crippen molar-refractivity contribution in [2.45, 2.75) is 25.7 Å². The van der Waals surface area contributed by atoms with Crippen molar-refractivity contribution in [2.24, 2.45) is 0 Å². The van der Waals surface area contributed by atoms with Gasteiger partial charge < -0.3 is 10.1 Å². The van der Waals surface area contributed by atoms with Crippen LogP contribution in [-0.2, 0) is 19.6 Å². The van der Waals surface area contributed by atoms with Crippen LogP contribution in [0.25, 0.3) is 0 Å². The van der Waals surface area contributed by atoms with Crippen LogP contribution in [0.2, 0.25) is 5.02 Å². The first-order valence-electron chi connectivity index (χ1n) is 9.02. The van der Waals surface area contributed by atoms with Crippen molar-refractivity contribution in [2.75, 3.05) is 25.0 Å². The fraction of sp³-hybridized carbons (Fsp3) is 0.300. The second-order valence-electron chi connectivity index (χ2n) is 6.20. The summed E-state index contributed by atoms with van der Waals surface area (Å²) >= 11 is 5.91. The Kier molecular flexibility index (Phi) is 7.78. The number of halogens is 1. The molecule has 0 fully saturated rings. The number of carbonyl (C=O) groups is 2. The number of aryl methyl sites for hydroxylation is 1. The monoisotopic (exact) mass is 438 g/mol. The minimum atomic E-state index is -3.70. The van der Waals surface area contributed by atoms with E-state index >= 15 is 0 Å². The highest BCUT2D eigenvalue weighted by molar-refractivity contribution is 7.89. The molecule has 1 N–H and O–H groups in total. The van der Waals surface area contributed by atoms with Crippen molar-refractivity contribution in [1.82, 2.24) is 4.31 Å². The molecule has 2 aromatic rings. The third-order valence-electron chi connectivity index (χ3n) is 4.22. The number of anilines is 1. The van der Waals surface area contributed by atoms with Crippen LogP contribution in [0.15, 0.2) is 47.4 Å². The molecule has 0 spiro atoms. The summed E-state index contributed by atoms with van der Waals surface area (Å²) in [7, 11) is -3.70. The van der Waals surface area contributed by atoms with Gasteiger partial charge in [0.15, 0.2) is 6.61 Å². The number of nitrogens with zero attached hydrogens (tertiary/aromatic N) is 1. The number of nitrogens with one attached hydrogen (secondary N) is 1. The molecule has 0 radical (unpaired) electrons. The first kappa shape index (κ1) is 22.9. The van der Waals surface area contributed by atoms with E-state index in [1.165, 1.54) is 28.6 Å². The van der Waals surface area contributed by atoms with Crippen LogP contribution >= 0.6 is 11.6 Å². The Morgan fingerprint density at radius 1 is 1.10 bits per heavy atom. The number of hydrogen-bond donors (Lipinski definition) is 1. The molecule has 0 aromatic heterocycles. The van der Waals surface area contributed by atoms with Gasteiger partial charge in [-0.1, -0.05) is 37.6 Å². The zero-order valence-corrected chi connectivity index (χ0v) is 18.0. The van der Waals surface area contributed by atoms with Crippen LogP contribution in [-0.4, -0.2) is 44.3 Å². The van der Waals surface area contributed by atoms with Gasteiger partial charge in [-0.15, -0.1) is 0 Å². The Morgan fingerprint density at radius 3 is 2.45 bits per heavy atom. The Labute approximate surface area is 175 Å². The van der Waals surface area contributed by atoms with Crippen molar-refractivity contribution in [3.05, 3.63) is 58.6 Å². The molecule has 156 valence electrons. The molecule has 2 rings (SSSR count). The number of carbonyl (C=O) groups excluding carboxylic acids is 2. The third kappa shape index (κ3) is 5.79. The lowest BCUT2D eigenvalue weighted by atomic mass is 10.2. The number of sulfonamides is 1. The van der Waals surface area contributed by atoms with Gasteiger partial charge in [-0.2, -0.15) is 4.31 Å². The second-order valence-corrected chi connectivity index (χ2v) is 8.58.